The van der Waals surface area contributed by atoms with Crippen molar-refractivity contribution in [3.63, 3.8) is 0 Å². The van der Waals surface area contributed by atoms with E-state index in [0.29, 0.717) is 29.6 Å². The fourth-order valence-corrected chi connectivity index (χ4v) is 5.37. The largest absolute Gasteiger partial charge is 0.477 e. The highest BCUT2D eigenvalue weighted by atomic mass is 19.1. The number of likely N-dealkylation sites (tertiary alicyclic amines) is 1. The summed E-state index contributed by atoms with van der Waals surface area (Å²) in [6.07, 6.45) is 6.19. The maximum atomic E-state index is 15.4. The van der Waals surface area contributed by atoms with Gasteiger partial charge in [0.1, 0.15) is 11.6 Å². The van der Waals surface area contributed by atoms with Crippen LogP contribution in [-0.2, 0) is 9.59 Å². The van der Waals surface area contributed by atoms with E-state index in [1.165, 1.54) is 6.08 Å². The van der Waals surface area contributed by atoms with Crippen molar-refractivity contribution in [2.24, 2.45) is 11.8 Å². The maximum Gasteiger partial charge on any atom is 0.365 e. The van der Waals surface area contributed by atoms with E-state index in [9.17, 15) is 14.7 Å². The van der Waals surface area contributed by atoms with E-state index in [0.717, 1.165) is 45.2 Å². The summed E-state index contributed by atoms with van der Waals surface area (Å²) in [5.41, 5.74) is 0.876. The summed E-state index contributed by atoms with van der Waals surface area (Å²) in [5.74, 6) is -2.85. The predicted molar refractivity (Wildman–Crippen MR) is 115 cm³/mol. The van der Waals surface area contributed by atoms with Gasteiger partial charge in [-0.25, -0.2) is 9.18 Å². The molecule has 2 N–H and O–H groups in total. The van der Waals surface area contributed by atoms with E-state index in [-0.39, 0.29) is 11.6 Å². The molecule has 1 saturated heterocycles. The molecule has 2 aliphatic heterocycles. The molecule has 2 heterocycles. The average Bonchev–Trinajstić information content (AvgIpc) is 3.45. The lowest BCUT2D eigenvalue weighted by atomic mass is 9.79. The zero-order chi connectivity index (χ0) is 22.3. The molecule has 166 valence electrons. The third kappa shape index (κ3) is 3.76. The zero-order valence-electron chi connectivity index (χ0n) is 18.1. The first-order valence-corrected chi connectivity index (χ1v) is 11.1. The number of halogens is 1. The second kappa shape index (κ2) is 8.46. The van der Waals surface area contributed by atoms with Crippen LogP contribution >= 0.6 is 0 Å². The number of aliphatic carboxylic acids is 1. The Balaban J connectivity index is 1.70. The molecule has 31 heavy (non-hydrogen) atoms. The lowest BCUT2D eigenvalue weighted by molar-refractivity contribution is -0.136. The van der Waals surface area contributed by atoms with Gasteiger partial charge in [-0.2, -0.15) is 0 Å². The highest BCUT2D eigenvalue weighted by Gasteiger charge is 2.55. The van der Waals surface area contributed by atoms with E-state index < -0.39 is 29.5 Å². The summed E-state index contributed by atoms with van der Waals surface area (Å²) in [6, 6.07) is -0.443. The zero-order valence-corrected chi connectivity index (χ0v) is 18.1. The highest BCUT2D eigenvalue weighted by Crippen LogP contribution is 2.47. The van der Waals surface area contributed by atoms with Crippen molar-refractivity contribution in [2.75, 3.05) is 26.7 Å². The van der Waals surface area contributed by atoms with Crippen LogP contribution in [0.1, 0.15) is 39.0 Å². The number of carbonyl (C=O) groups is 2. The normalized spacial score (nSPS) is 28.6. The van der Waals surface area contributed by atoms with Crippen LogP contribution in [0, 0.1) is 18.4 Å². The summed E-state index contributed by atoms with van der Waals surface area (Å²) < 4.78 is 15.4. The van der Waals surface area contributed by atoms with Gasteiger partial charge >= 0.3 is 11.7 Å². The summed E-state index contributed by atoms with van der Waals surface area (Å²) in [7, 11) is 1.93. The number of carboxylic acid groups (broad SMARTS) is 1. The van der Waals surface area contributed by atoms with E-state index >= 15 is 4.39 Å². The molecule has 7 nitrogen and oxygen atoms in total. The van der Waals surface area contributed by atoms with Crippen molar-refractivity contribution in [3.05, 3.63) is 39.4 Å². The second-order valence-corrected chi connectivity index (χ2v) is 8.96. The van der Waals surface area contributed by atoms with Crippen LogP contribution in [0.25, 0.3) is 4.85 Å². The Morgan fingerprint density at radius 2 is 2.13 bits per heavy atom. The number of Topliss-reactive ketones (excluding diaryl/α,β-unsaturated/α-hetero) is 1. The van der Waals surface area contributed by atoms with Gasteiger partial charge in [0.05, 0.1) is 5.92 Å². The molecule has 0 aromatic rings. The molecule has 0 radical (unpaired) electrons. The van der Waals surface area contributed by atoms with Crippen molar-refractivity contribution in [1.82, 2.24) is 15.1 Å². The minimum Gasteiger partial charge on any atom is -0.477 e. The summed E-state index contributed by atoms with van der Waals surface area (Å²) in [4.78, 5) is 32.8. The highest BCUT2D eigenvalue weighted by molar-refractivity contribution is 6.19. The Bertz CT molecular complexity index is 928. The third-order valence-corrected chi connectivity index (χ3v) is 6.95. The lowest BCUT2D eigenvalue weighted by Gasteiger charge is -2.41. The molecule has 2 unspecified atom stereocenters. The molecule has 0 spiro atoms. The van der Waals surface area contributed by atoms with Crippen LogP contribution in [0.4, 0.5) is 4.39 Å². The van der Waals surface area contributed by atoms with Crippen LogP contribution in [0.15, 0.2) is 34.6 Å². The van der Waals surface area contributed by atoms with Gasteiger partial charge in [0, 0.05) is 24.8 Å². The second-order valence-electron chi connectivity index (χ2n) is 8.96. The summed E-state index contributed by atoms with van der Waals surface area (Å²) >= 11 is 0. The monoisotopic (exact) mass is 429 g/mol. The van der Waals surface area contributed by atoms with Gasteiger partial charge in [-0.1, -0.05) is 0 Å². The molecule has 3 atom stereocenters. The van der Waals surface area contributed by atoms with Gasteiger partial charge < -0.3 is 20.2 Å². The maximum absolute atomic E-state index is 15.4. The first kappa shape index (κ1) is 21.6. The standard InChI is InChI=1S/C23H29FN4O3/c1-13-18(23(30)31)22(29)16-11-17(24)21(19(26-3)20(16)28(13)15-6-7-15)27-10-8-14(12-27)5-4-9-25-2/h3,11,14-16,20,25H,4-10,12H2,1-2H3/p+1/t14?,16?,20-/m0/s1. The van der Waals surface area contributed by atoms with Crippen LogP contribution in [-0.4, -0.2) is 65.4 Å². The molecule has 0 bridgehead atoms. The van der Waals surface area contributed by atoms with Crippen LogP contribution < -0.4 is 5.32 Å². The van der Waals surface area contributed by atoms with Crippen molar-refractivity contribution in [1.29, 1.82) is 0 Å². The smallest absolute Gasteiger partial charge is 0.365 e. The topological polar surface area (TPSA) is 77.2 Å². The van der Waals surface area contributed by atoms with Gasteiger partial charge in [-0.3, -0.25) is 4.79 Å². The number of carboxylic acids is 1. The Kier molecular flexibility index (Phi) is 5.89. The Hall–Kier alpha value is -2.66. The molecular formula is C23H30FN4O3+. The first-order chi connectivity index (χ1) is 14.9. The Labute approximate surface area is 182 Å². The fourth-order valence-electron chi connectivity index (χ4n) is 5.37. The van der Waals surface area contributed by atoms with Gasteiger partial charge in [0.2, 0.25) is 0 Å². The molecular weight excluding hydrogens is 399 g/mol. The fraction of sp³-hybridized carbons (Fsp3) is 0.609. The number of nitrogens with zero attached hydrogens (tertiary/aromatic N) is 3. The van der Waals surface area contributed by atoms with E-state index in [4.69, 9.17) is 6.57 Å². The summed E-state index contributed by atoms with van der Waals surface area (Å²) in [5, 5.41) is 12.8. The van der Waals surface area contributed by atoms with E-state index in [1.54, 1.807) is 6.92 Å². The van der Waals surface area contributed by atoms with Crippen molar-refractivity contribution < 1.29 is 19.1 Å². The van der Waals surface area contributed by atoms with Crippen molar-refractivity contribution >= 4 is 11.8 Å². The number of allylic oxidation sites excluding steroid dienone is 2. The number of ketones is 1. The Morgan fingerprint density at radius 3 is 2.74 bits per heavy atom. The minimum absolute atomic E-state index is 0.121. The molecule has 1 saturated carbocycles. The molecule has 4 rings (SSSR count). The average molecular weight is 430 g/mol. The van der Waals surface area contributed by atoms with Crippen molar-refractivity contribution in [2.45, 2.75) is 51.1 Å². The SMILES string of the molecule is C#[N+]C1=C(N2CCC(CCCNC)C2)C(F)=CC2C(=O)C(C(=O)O)=C(C)N(C3CC3)[C@H]12. The molecule has 4 aliphatic rings. The van der Waals surface area contributed by atoms with Crippen LogP contribution in [0.2, 0.25) is 0 Å². The number of carbonyl (C=O) groups excluding carboxylic acids is 1. The number of nitrogens with one attached hydrogen (secondary N) is 1. The summed E-state index contributed by atoms with van der Waals surface area (Å²) in [6.45, 7) is 9.85. The first-order valence-electron chi connectivity index (χ1n) is 11.1. The molecule has 2 aliphatic carbocycles. The third-order valence-electron chi connectivity index (χ3n) is 6.95. The molecule has 2 fully saturated rings. The number of fused-ring (bicyclic) bond motifs is 1. The van der Waals surface area contributed by atoms with E-state index in [2.05, 4.69) is 10.2 Å². The van der Waals surface area contributed by atoms with Gasteiger partial charge in [0.25, 0.3) is 6.57 Å². The Morgan fingerprint density at radius 1 is 1.39 bits per heavy atom. The molecule has 0 aromatic heterocycles. The molecule has 0 aromatic carbocycles. The molecule has 8 heteroatoms. The number of rotatable bonds is 7. The van der Waals surface area contributed by atoms with Crippen molar-refractivity contribution in [3.8, 4) is 6.57 Å². The van der Waals surface area contributed by atoms with Gasteiger partial charge in [0.15, 0.2) is 17.3 Å². The lowest BCUT2D eigenvalue weighted by Crippen LogP contribution is -2.52. The number of hydrogen-bond donors (Lipinski definition) is 2. The minimum atomic E-state index is -1.27. The van der Waals surface area contributed by atoms with Crippen LogP contribution in [0.5, 0.6) is 0 Å². The van der Waals surface area contributed by atoms with Crippen LogP contribution in [0.3, 0.4) is 0 Å². The van der Waals surface area contributed by atoms with Gasteiger partial charge in [-0.15, -0.1) is 0 Å². The van der Waals surface area contributed by atoms with Gasteiger partial charge in [-0.05, 0) is 69.5 Å². The van der Waals surface area contributed by atoms with E-state index in [1.807, 2.05) is 16.8 Å². The predicted octanol–water partition coefficient (Wildman–Crippen LogP) is 2.74. The quantitative estimate of drug-likeness (QED) is 0.479. The number of hydrogen-bond acceptors (Lipinski definition) is 5. The molecule has 0 amide bonds.